The van der Waals surface area contributed by atoms with Crippen LogP contribution in [0.3, 0.4) is 0 Å². The van der Waals surface area contributed by atoms with Crippen molar-refractivity contribution in [2.45, 2.75) is 43.5 Å². The quantitative estimate of drug-likeness (QED) is 0.834. The molecule has 1 N–H and O–H groups in total. The van der Waals surface area contributed by atoms with Crippen LogP contribution in [0.5, 0.6) is 0 Å². The van der Waals surface area contributed by atoms with Crippen LogP contribution in [0, 0.1) is 5.92 Å². The zero-order valence-electron chi connectivity index (χ0n) is 13.8. The summed E-state index contributed by atoms with van der Waals surface area (Å²) >= 11 is 0. The number of amides is 1. The molecule has 1 aliphatic carbocycles. The number of hydrogen-bond donors (Lipinski definition) is 1. The number of carbonyl (C=O) groups is 1. The van der Waals surface area contributed by atoms with Crippen LogP contribution in [0.1, 0.15) is 43.0 Å². The van der Waals surface area contributed by atoms with Gasteiger partial charge in [-0.15, -0.1) is 0 Å². The zero-order chi connectivity index (χ0) is 17.0. The highest BCUT2D eigenvalue weighted by Gasteiger charge is 2.24. The molecule has 2 rings (SSSR count). The van der Waals surface area contributed by atoms with Crippen molar-refractivity contribution in [3.63, 3.8) is 0 Å². The van der Waals surface area contributed by atoms with Crippen LogP contribution in [-0.4, -0.2) is 39.0 Å². The van der Waals surface area contributed by atoms with E-state index >= 15 is 0 Å². The van der Waals surface area contributed by atoms with E-state index in [1.807, 2.05) is 0 Å². The molecule has 0 bridgehead atoms. The number of hydrogen-bond acceptors (Lipinski definition) is 4. The van der Waals surface area contributed by atoms with E-state index < -0.39 is 10.0 Å². The highest BCUT2D eigenvalue weighted by Crippen LogP contribution is 2.24. The molecule has 7 heteroatoms. The van der Waals surface area contributed by atoms with E-state index in [2.05, 4.69) is 12.2 Å². The Morgan fingerprint density at radius 1 is 1.22 bits per heavy atom. The maximum atomic E-state index is 12.3. The molecule has 0 radical (unpaired) electrons. The lowest BCUT2D eigenvalue weighted by molar-refractivity contribution is -0.0258. The molecule has 128 valence electrons. The van der Waals surface area contributed by atoms with Gasteiger partial charge < -0.3 is 5.32 Å². The molecule has 1 fully saturated rings. The average molecular weight is 340 g/mol. The van der Waals surface area contributed by atoms with Crippen LogP contribution in [0.15, 0.2) is 29.2 Å². The Morgan fingerprint density at radius 3 is 2.39 bits per heavy atom. The van der Waals surface area contributed by atoms with E-state index in [0.29, 0.717) is 11.5 Å². The molecule has 1 aromatic carbocycles. The molecule has 0 aromatic heterocycles. The predicted molar refractivity (Wildman–Crippen MR) is 87.3 cm³/mol. The van der Waals surface area contributed by atoms with Gasteiger partial charge >= 0.3 is 0 Å². The van der Waals surface area contributed by atoms with Crippen molar-refractivity contribution in [1.82, 2.24) is 9.79 Å². The van der Waals surface area contributed by atoms with Crippen LogP contribution in [0.25, 0.3) is 0 Å². The first kappa shape index (κ1) is 17.9. The summed E-state index contributed by atoms with van der Waals surface area (Å²) in [6.45, 7) is 2.15. The Kier molecular flexibility index (Phi) is 5.78. The Balaban J connectivity index is 2.08. The second-order valence-electron chi connectivity index (χ2n) is 5.96. The maximum absolute atomic E-state index is 12.3. The summed E-state index contributed by atoms with van der Waals surface area (Å²) in [6.07, 6.45) is 4.48. The Labute approximate surface area is 137 Å². The SMILES string of the molecule is CON(C)S(=O)(=O)c1ccc(C(=O)N[C@@H]2CCCC[C@@H]2C)cc1. The number of nitrogens with one attached hydrogen (secondary N) is 1. The molecule has 0 spiro atoms. The van der Waals surface area contributed by atoms with Crippen molar-refractivity contribution in [3.8, 4) is 0 Å². The lowest BCUT2D eigenvalue weighted by Crippen LogP contribution is -2.41. The summed E-state index contributed by atoms with van der Waals surface area (Å²) in [5, 5.41) is 3.05. The predicted octanol–water partition coefficient (Wildman–Crippen LogP) is 2.18. The minimum Gasteiger partial charge on any atom is -0.349 e. The summed E-state index contributed by atoms with van der Waals surface area (Å²) in [5.41, 5.74) is 0.460. The van der Waals surface area contributed by atoms with Crippen LogP contribution in [0.2, 0.25) is 0 Å². The lowest BCUT2D eigenvalue weighted by atomic mass is 9.86. The molecule has 1 amide bonds. The van der Waals surface area contributed by atoms with E-state index in [9.17, 15) is 13.2 Å². The largest absolute Gasteiger partial charge is 0.349 e. The number of carbonyl (C=O) groups excluding carboxylic acids is 1. The first-order valence-corrected chi connectivity index (χ1v) is 9.24. The molecule has 0 aliphatic heterocycles. The van der Waals surface area contributed by atoms with Crippen LogP contribution in [-0.2, 0) is 14.9 Å². The van der Waals surface area contributed by atoms with E-state index in [0.717, 1.165) is 23.7 Å². The third-order valence-corrected chi connectivity index (χ3v) is 6.13. The summed E-state index contributed by atoms with van der Waals surface area (Å²) in [6, 6.07) is 6.09. The molecule has 1 aromatic rings. The van der Waals surface area contributed by atoms with Crippen LogP contribution >= 0.6 is 0 Å². The van der Waals surface area contributed by atoms with Gasteiger partial charge in [-0.05, 0) is 43.0 Å². The molecule has 0 saturated heterocycles. The van der Waals surface area contributed by atoms with Gasteiger partial charge in [-0.3, -0.25) is 9.63 Å². The summed E-state index contributed by atoms with van der Waals surface area (Å²) < 4.78 is 25.0. The summed E-state index contributed by atoms with van der Waals surface area (Å²) in [5.74, 6) is 0.315. The van der Waals surface area contributed by atoms with Crippen molar-refractivity contribution in [2.75, 3.05) is 14.2 Å². The first-order chi connectivity index (χ1) is 10.9. The minimum atomic E-state index is -3.69. The average Bonchev–Trinajstić information content (AvgIpc) is 2.56. The van der Waals surface area contributed by atoms with Gasteiger partial charge in [0.1, 0.15) is 0 Å². The maximum Gasteiger partial charge on any atom is 0.264 e. The standard InChI is InChI=1S/C16H24N2O4S/c1-12-6-4-5-7-15(12)17-16(19)13-8-10-14(11-9-13)23(20,21)18(2)22-3/h8-12,15H,4-7H2,1-3H3,(H,17,19)/t12-,15+/m0/s1. The highest BCUT2D eigenvalue weighted by molar-refractivity contribution is 7.89. The van der Waals surface area contributed by atoms with Gasteiger partial charge in [0.15, 0.2) is 0 Å². The fourth-order valence-corrected chi connectivity index (χ4v) is 3.78. The van der Waals surface area contributed by atoms with Gasteiger partial charge in [-0.1, -0.05) is 24.2 Å². The molecular formula is C16H24N2O4S. The molecule has 2 atom stereocenters. The zero-order valence-corrected chi connectivity index (χ0v) is 14.6. The summed E-state index contributed by atoms with van der Waals surface area (Å²) in [4.78, 5) is 17.1. The number of benzene rings is 1. The van der Waals surface area contributed by atoms with E-state index in [1.165, 1.54) is 44.8 Å². The number of rotatable bonds is 5. The number of sulfonamides is 1. The van der Waals surface area contributed by atoms with Gasteiger partial charge in [0.25, 0.3) is 15.9 Å². The van der Waals surface area contributed by atoms with Crippen molar-refractivity contribution < 1.29 is 18.0 Å². The van der Waals surface area contributed by atoms with Gasteiger partial charge in [0.05, 0.1) is 12.0 Å². The molecule has 6 nitrogen and oxygen atoms in total. The Hall–Kier alpha value is -1.44. The Morgan fingerprint density at radius 2 is 1.83 bits per heavy atom. The third kappa shape index (κ3) is 4.10. The molecule has 0 unspecified atom stereocenters. The van der Waals surface area contributed by atoms with Gasteiger partial charge in [-0.25, -0.2) is 8.42 Å². The molecular weight excluding hydrogens is 316 g/mol. The van der Waals surface area contributed by atoms with Gasteiger partial charge in [0, 0.05) is 18.7 Å². The highest BCUT2D eigenvalue weighted by atomic mass is 32.2. The van der Waals surface area contributed by atoms with E-state index in [4.69, 9.17) is 4.84 Å². The van der Waals surface area contributed by atoms with Crippen molar-refractivity contribution in [2.24, 2.45) is 5.92 Å². The monoisotopic (exact) mass is 340 g/mol. The summed E-state index contributed by atoms with van der Waals surface area (Å²) in [7, 11) is -1.09. The molecule has 1 aliphatic rings. The second kappa shape index (κ2) is 7.42. The lowest BCUT2D eigenvalue weighted by Gasteiger charge is -2.29. The second-order valence-corrected chi connectivity index (χ2v) is 7.90. The first-order valence-electron chi connectivity index (χ1n) is 7.80. The van der Waals surface area contributed by atoms with Crippen LogP contribution < -0.4 is 5.32 Å². The van der Waals surface area contributed by atoms with Crippen molar-refractivity contribution >= 4 is 15.9 Å². The van der Waals surface area contributed by atoms with E-state index in [-0.39, 0.29) is 16.8 Å². The van der Waals surface area contributed by atoms with Crippen LogP contribution in [0.4, 0.5) is 0 Å². The molecule has 1 saturated carbocycles. The van der Waals surface area contributed by atoms with Gasteiger partial charge in [-0.2, -0.15) is 0 Å². The topological polar surface area (TPSA) is 75.7 Å². The third-order valence-electron chi connectivity index (χ3n) is 4.44. The minimum absolute atomic E-state index is 0.0874. The molecule has 0 heterocycles. The van der Waals surface area contributed by atoms with E-state index in [1.54, 1.807) is 0 Å². The van der Waals surface area contributed by atoms with Crippen molar-refractivity contribution in [1.29, 1.82) is 0 Å². The fourth-order valence-electron chi connectivity index (χ4n) is 2.81. The normalized spacial score (nSPS) is 22.1. The van der Waals surface area contributed by atoms with Crippen molar-refractivity contribution in [3.05, 3.63) is 29.8 Å². The smallest absolute Gasteiger partial charge is 0.264 e. The van der Waals surface area contributed by atoms with Gasteiger partial charge in [0.2, 0.25) is 0 Å². The number of hydroxylamine groups is 1. The fraction of sp³-hybridized carbons (Fsp3) is 0.562. The Bertz CT molecular complexity index is 643. The number of nitrogens with zero attached hydrogens (tertiary/aromatic N) is 1. The molecule has 23 heavy (non-hydrogen) atoms.